The summed E-state index contributed by atoms with van der Waals surface area (Å²) in [4.78, 5) is 40.7. The van der Waals surface area contributed by atoms with Gasteiger partial charge in [-0.25, -0.2) is 12.7 Å². The maximum Gasteiger partial charge on any atom is 0.274 e. The minimum Gasteiger partial charge on any atom is -0.495 e. The summed E-state index contributed by atoms with van der Waals surface area (Å²) >= 11 is 0. The molecule has 12 nitrogen and oxygen atoms in total. The van der Waals surface area contributed by atoms with E-state index in [9.17, 15) is 27.9 Å². The number of nitrogens with one attached hydrogen (secondary N) is 1. The van der Waals surface area contributed by atoms with Crippen LogP contribution in [-0.2, 0) is 34.5 Å². The minimum absolute atomic E-state index is 0.0372. The molecule has 0 radical (unpaired) electrons. The topological polar surface area (TPSA) is 152 Å². The molecule has 0 bridgehead atoms. The first-order valence-corrected chi connectivity index (χ1v) is 17.8. The molecule has 0 aromatic heterocycles. The van der Waals surface area contributed by atoms with Crippen LogP contribution < -0.4 is 14.4 Å². The number of anilines is 1. The number of hydrogen-bond acceptors (Lipinski definition) is 9. The molecule has 1 atom stereocenters. The Morgan fingerprint density at radius 1 is 1.17 bits per heavy atom. The predicted octanol–water partition coefficient (Wildman–Crippen LogP) is 3.11. The van der Waals surface area contributed by atoms with E-state index in [1.807, 2.05) is 19.9 Å². The highest BCUT2D eigenvalue weighted by atomic mass is 32.2. The molecular formula is C34H45N3O9S. The fraction of sp³-hybridized carbons (Fsp3) is 0.559. The molecule has 1 unspecified atom stereocenters. The van der Waals surface area contributed by atoms with Gasteiger partial charge in [0.15, 0.2) is 0 Å². The van der Waals surface area contributed by atoms with Gasteiger partial charge in [-0.15, -0.1) is 0 Å². The van der Waals surface area contributed by atoms with Crippen LogP contribution in [0.1, 0.15) is 79.8 Å². The Morgan fingerprint density at radius 3 is 2.62 bits per heavy atom. The SMILES string of the molecule is CCCCNC(=O)c1ccc(S(=O)(=O)N2C(=O)C3(CCC(OCCN4CCOCC4=O)CC3)c3cc(C(C)CO)ccc32)c(OC)c1. The fourth-order valence-electron chi connectivity index (χ4n) is 6.63. The largest absolute Gasteiger partial charge is 0.495 e. The first-order valence-electron chi connectivity index (χ1n) is 16.4. The van der Waals surface area contributed by atoms with E-state index in [4.69, 9.17) is 14.2 Å². The first-order chi connectivity index (χ1) is 22.6. The van der Waals surface area contributed by atoms with Crippen LogP contribution >= 0.6 is 0 Å². The van der Waals surface area contributed by atoms with E-state index in [1.165, 1.54) is 25.3 Å². The summed E-state index contributed by atoms with van der Waals surface area (Å²) in [5.41, 5.74) is 0.854. The van der Waals surface area contributed by atoms with Gasteiger partial charge >= 0.3 is 0 Å². The normalized spacial score (nSPS) is 22.0. The number of carbonyl (C=O) groups excluding carboxylic acids is 3. The zero-order chi connectivity index (χ0) is 33.8. The van der Waals surface area contributed by atoms with Crippen molar-refractivity contribution in [3.05, 3.63) is 53.1 Å². The van der Waals surface area contributed by atoms with Crippen LogP contribution in [0.3, 0.4) is 0 Å². The van der Waals surface area contributed by atoms with Crippen LogP contribution in [0.15, 0.2) is 41.3 Å². The number of fused-ring (bicyclic) bond motifs is 2. The van der Waals surface area contributed by atoms with Crippen molar-refractivity contribution in [3.8, 4) is 5.75 Å². The molecular weight excluding hydrogens is 626 g/mol. The summed E-state index contributed by atoms with van der Waals surface area (Å²) in [5, 5.41) is 12.7. The summed E-state index contributed by atoms with van der Waals surface area (Å²) in [6, 6.07) is 9.36. The van der Waals surface area contributed by atoms with Crippen LogP contribution in [0.5, 0.6) is 5.75 Å². The van der Waals surface area contributed by atoms with E-state index >= 15 is 0 Å². The van der Waals surface area contributed by atoms with Gasteiger partial charge in [0.05, 0.1) is 37.5 Å². The number of amides is 3. The van der Waals surface area contributed by atoms with E-state index in [0.29, 0.717) is 64.1 Å². The second-order valence-electron chi connectivity index (χ2n) is 12.5. The molecule has 2 aromatic rings. The molecule has 3 amide bonds. The van der Waals surface area contributed by atoms with Crippen LogP contribution in [0, 0.1) is 0 Å². The van der Waals surface area contributed by atoms with Gasteiger partial charge in [0.2, 0.25) is 5.91 Å². The molecule has 5 rings (SSSR count). The summed E-state index contributed by atoms with van der Waals surface area (Å²) in [7, 11) is -3.14. The summed E-state index contributed by atoms with van der Waals surface area (Å²) < 4.78 is 46.4. The van der Waals surface area contributed by atoms with Gasteiger partial charge in [0.25, 0.3) is 21.8 Å². The quantitative estimate of drug-likeness (QED) is 0.306. The Bertz CT molecular complexity index is 1590. The molecule has 1 aliphatic carbocycles. The predicted molar refractivity (Wildman–Crippen MR) is 174 cm³/mol. The average molecular weight is 672 g/mol. The molecule has 2 heterocycles. The van der Waals surface area contributed by atoms with Crippen molar-refractivity contribution in [2.24, 2.45) is 0 Å². The Hall–Kier alpha value is -3.52. The molecule has 13 heteroatoms. The zero-order valence-electron chi connectivity index (χ0n) is 27.3. The van der Waals surface area contributed by atoms with Gasteiger partial charge in [-0.3, -0.25) is 14.4 Å². The molecule has 2 fully saturated rings. The number of unbranched alkanes of at least 4 members (excludes halogenated alkanes) is 1. The number of methoxy groups -OCH3 is 1. The molecule has 256 valence electrons. The number of sulfonamides is 1. The highest BCUT2D eigenvalue weighted by Gasteiger charge is 2.56. The second-order valence-corrected chi connectivity index (χ2v) is 14.3. The van der Waals surface area contributed by atoms with Crippen molar-refractivity contribution < 1.29 is 42.1 Å². The Balaban J connectivity index is 1.41. The third kappa shape index (κ3) is 6.89. The number of carbonyl (C=O) groups is 3. The lowest BCUT2D eigenvalue weighted by molar-refractivity contribution is -0.144. The van der Waals surface area contributed by atoms with Crippen molar-refractivity contribution in [2.45, 2.75) is 74.7 Å². The van der Waals surface area contributed by atoms with Crippen molar-refractivity contribution in [1.29, 1.82) is 0 Å². The zero-order valence-corrected chi connectivity index (χ0v) is 28.1. The number of benzene rings is 2. The maximum absolute atomic E-state index is 14.5. The second kappa shape index (κ2) is 14.7. The highest BCUT2D eigenvalue weighted by Crippen LogP contribution is 2.53. The lowest BCUT2D eigenvalue weighted by Crippen LogP contribution is -2.46. The summed E-state index contributed by atoms with van der Waals surface area (Å²) in [5.74, 6) is -1.20. The Labute approximate surface area is 276 Å². The average Bonchev–Trinajstić information content (AvgIpc) is 3.32. The van der Waals surface area contributed by atoms with E-state index in [-0.39, 0.29) is 58.9 Å². The number of aliphatic hydroxyl groups excluding tert-OH is 1. The molecule has 2 aliphatic heterocycles. The van der Waals surface area contributed by atoms with E-state index < -0.39 is 21.3 Å². The Kier molecular flexibility index (Phi) is 10.9. The Morgan fingerprint density at radius 2 is 1.94 bits per heavy atom. The number of rotatable bonds is 13. The molecule has 2 N–H and O–H groups in total. The van der Waals surface area contributed by atoms with Crippen LogP contribution in [-0.4, -0.2) is 95.4 Å². The van der Waals surface area contributed by atoms with Crippen molar-refractivity contribution in [1.82, 2.24) is 10.2 Å². The smallest absolute Gasteiger partial charge is 0.274 e. The van der Waals surface area contributed by atoms with E-state index in [1.54, 1.807) is 17.0 Å². The standard InChI is InChI=1S/C34H45N3O9S/c1-4-5-14-35-32(40)25-7-9-30(29(20-25)44-3)47(42,43)37-28-8-6-24(23(2)21-38)19-27(28)34(33(37)41)12-10-26(11-13-34)46-18-16-36-15-17-45-22-31(36)39/h6-9,19-20,23,26,38H,4-5,10-18,21-22H2,1-3H3,(H,35,40). The lowest BCUT2D eigenvalue weighted by atomic mass is 9.69. The van der Waals surface area contributed by atoms with Crippen molar-refractivity contribution in [3.63, 3.8) is 0 Å². The molecule has 2 aromatic carbocycles. The van der Waals surface area contributed by atoms with Gasteiger partial charge in [0, 0.05) is 37.7 Å². The van der Waals surface area contributed by atoms with Crippen molar-refractivity contribution in [2.75, 3.05) is 57.5 Å². The maximum atomic E-state index is 14.5. The number of hydrogen-bond donors (Lipinski definition) is 2. The monoisotopic (exact) mass is 671 g/mol. The van der Waals surface area contributed by atoms with E-state index in [2.05, 4.69) is 5.32 Å². The number of aliphatic hydroxyl groups is 1. The van der Waals surface area contributed by atoms with Gasteiger partial charge in [-0.2, -0.15) is 0 Å². The van der Waals surface area contributed by atoms with Crippen LogP contribution in [0.2, 0.25) is 0 Å². The van der Waals surface area contributed by atoms with E-state index in [0.717, 1.165) is 22.7 Å². The van der Waals surface area contributed by atoms with Gasteiger partial charge in [-0.05, 0) is 67.5 Å². The molecule has 3 aliphatic rings. The molecule has 1 saturated heterocycles. The molecule has 1 saturated carbocycles. The molecule has 47 heavy (non-hydrogen) atoms. The van der Waals surface area contributed by atoms with Gasteiger partial charge < -0.3 is 29.5 Å². The minimum atomic E-state index is -4.47. The highest BCUT2D eigenvalue weighted by molar-refractivity contribution is 7.93. The summed E-state index contributed by atoms with van der Waals surface area (Å²) in [6.45, 7) is 6.21. The summed E-state index contributed by atoms with van der Waals surface area (Å²) in [6.07, 6.45) is 3.39. The number of morpholine rings is 1. The van der Waals surface area contributed by atoms with Gasteiger partial charge in [0.1, 0.15) is 17.3 Å². The van der Waals surface area contributed by atoms with Gasteiger partial charge in [-0.1, -0.05) is 32.4 Å². The third-order valence-electron chi connectivity index (χ3n) is 9.54. The van der Waals surface area contributed by atoms with Crippen LogP contribution in [0.25, 0.3) is 0 Å². The first kappa shape index (κ1) is 34.8. The van der Waals surface area contributed by atoms with Crippen molar-refractivity contribution >= 4 is 33.4 Å². The fourth-order valence-corrected chi connectivity index (χ4v) is 8.28. The number of nitrogens with zero attached hydrogens (tertiary/aromatic N) is 2. The molecule has 1 spiro atoms. The number of ether oxygens (including phenoxy) is 3. The third-order valence-corrected chi connectivity index (χ3v) is 11.3. The lowest BCUT2D eigenvalue weighted by Gasteiger charge is -2.36. The van der Waals surface area contributed by atoms with Crippen LogP contribution in [0.4, 0.5) is 5.69 Å².